The molecule has 2 rings (SSSR count). The number of fused-ring (bicyclic) bond motifs is 1. The lowest BCUT2D eigenvalue weighted by Crippen LogP contribution is -2.05. The highest BCUT2D eigenvalue weighted by Gasteiger charge is 2.01. The lowest BCUT2D eigenvalue weighted by Gasteiger charge is -2.04. The monoisotopic (exact) mass is 316 g/mol. The molecule has 0 fully saturated rings. The fraction of sp³-hybridized carbons (Fsp3) is 0.400. The van der Waals surface area contributed by atoms with Crippen molar-refractivity contribution < 1.29 is 0 Å². The van der Waals surface area contributed by atoms with Crippen LogP contribution >= 0.6 is 22.6 Å². The Morgan fingerprint density at radius 2 is 2.33 bits per heavy atom. The highest BCUT2D eigenvalue weighted by atomic mass is 127. The molecule has 0 bridgehead atoms. The zero-order chi connectivity index (χ0) is 10.7. The lowest BCUT2D eigenvalue weighted by atomic mass is 10.3. The van der Waals surface area contributed by atoms with E-state index in [1.807, 2.05) is 22.8 Å². The maximum atomic E-state index is 4.44. The van der Waals surface area contributed by atoms with Crippen LogP contribution < -0.4 is 5.32 Å². The van der Waals surface area contributed by atoms with Crippen LogP contribution in [0.5, 0.6) is 0 Å². The third-order valence-electron chi connectivity index (χ3n) is 2.16. The maximum absolute atomic E-state index is 4.44. The molecule has 0 spiro atoms. The van der Waals surface area contributed by atoms with Crippen LogP contribution in [0.2, 0.25) is 0 Å². The standard InChI is InChI=1S/C10H13IN4/c1-2-3-6-12-9-4-5-10-13-7-8(11)15(10)14-9/h4-5,7H,2-3,6H2,1H3,(H,12,14). The van der Waals surface area contributed by atoms with Crippen LogP contribution in [0.15, 0.2) is 18.3 Å². The number of hydrogen-bond donors (Lipinski definition) is 1. The first-order valence-electron chi connectivity index (χ1n) is 5.05. The molecule has 0 aliphatic heterocycles. The van der Waals surface area contributed by atoms with E-state index in [1.165, 1.54) is 12.8 Å². The molecule has 0 amide bonds. The number of imidazole rings is 1. The van der Waals surface area contributed by atoms with Gasteiger partial charge in [0.15, 0.2) is 5.65 Å². The predicted octanol–water partition coefficient (Wildman–Crippen LogP) is 2.55. The molecule has 0 saturated carbocycles. The van der Waals surface area contributed by atoms with Crippen LogP contribution in [0.4, 0.5) is 5.82 Å². The number of rotatable bonds is 4. The van der Waals surface area contributed by atoms with E-state index >= 15 is 0 Å². The van der Waals surface area contributed by atoms with Crippen LogP contribution in [0.25, 0.3) is 5.65 Å². The predicted molar refractivity (Wildman–Crippen MR) is 69.1 cm³/mol. The molecule has 1 N–H and O–H groups in total. The van der Waals surface area contributed by atoms with E-state index in [-0.39, 0.29) is 0 Å². The van der Waals surface area contributed by atoms with Gasteiger partial charge in [0.05, 0.1) is 6.20 Å². The Kier molecular flexibility index (Phi) is 3.40. The third kappa shape index (κ3) is 2.39. The third-order valence-corrected chi connectivity index (χ3v) is 2.89. The van der Waals surface area contributed by atoms with E-state index in [0.29, 0.717) is 0 Å². The topological polar surface area (TPSA) is 42.2 Å². The van der Waals surface area contributed by atoms with Crippen molar-refractivity contribution in [2.75, 3.05) is 11.9 Å². The van der Waals surface area contributed by atoms with Gasteiger partial charge in [0, 0.05) is 6.54 Å². The van der Waals surface area contributed by atoms with Crippen molar-refractivity contribution in [2.45, 2.75) is 19.8 Å². The summed E-state index contributed by atoms with van der Waals surface area (Å²) in [4.78, 5) is 4.22. The average molecular weight is 316 g/mol. The van der Waals surface area contributed by atoms with Crippen molar-refractivity contribution in [1.29, 1.82) is 0 Å². The summed E-state index contributed by atoms with van der Waals surface area (Å²) >= 11 is 2.23. The summed E-state index contributed by atoms with van der Waals surface area (Å²) in [6, 6.07) is 3.94. The number of hydrogen-bond acceptors (Lipinski definition) is 3. The molecule has 0 saturated heterocycles. The molecule has 4 nitrogen and oxygen atoms in total. The lowest BCUT2D eigenvalue weighted by molar-refractivity contribution is 0.820. The molecular formula is C10H13IN4. The van der Waals surface area contributed by atoms with Gasteiger partial charge in [-0.25, -0.2) is 9.50 Å². The zero-order valence-electron chi connectivity index (χ0n) is 8.57. The van der Waals surface area contributed by atoms with Gasteiger partial charge in [0.25, 0.3) is 0 Å². The first kappa shape index (κ1) is 10.7. The normalized spacial score (nSPS) is 10.8. The highest BCUT2D eigenvalue weighted by Crippen LogP contribution is 2.10. The van der Waals surface area contributed by atoms with E-state index in [9.17, 15) is 0 Å². The largest absolute Gasteiger partial charge is 0.369 e. The number of anilines is 1. The van der Waals surface area contributed by atoms with Gasteiger partial charge in [0.1, 0.15) is 9.52 Å². The first-order chi connectivity index (χ1) is 7.31. The SMILES string of the molecule is CCCCNc1ccc2ncc(I)n2n1. The van der Waals surface area contributed by atoms with E-state index < -0.39 is 0 Å². The van der Waals surface area contributed by atoms with Gasteiger partial charge in [-0.15, -0.1) is 5.10 Å². The summed E-state index contributed by atoms with van der Waals surface area (Å²) in [5.74, 6) is 0.909. The molecule has 0 unspecified atom stereocenters. The van der Waals surface area contributed by atoms with E-state index in [1.54, 1.807) is 0 Å². The minimum atomic E-state index is 0.889. The molecule has 5 heteroatoms. The molecule has 0 aliphatic rings. The summed E-state index contributed by atoms with van der Waals surface area (Å²) in [6.07, 6.45) is 4.18. The van der Waals surface area contributed by atoms with Crippen LogP contribution in [-0.2, 0) is 0 Å². The molecule has 0 radical (unpaired) electrons. The zero-order valence-corrected chi connectivity index (χ0v) is 10.7. The first-order valence-corrected chi connectivity index (χ1v) is 6.13. The fourth-order valence-corrected chi connectivity index (χ4v) is 1.83. The van der Waals surface area contributed by atoms with Gasteiger partial charge in [-0.05, 0) is 41.1 Å². The number of halogens is 1. The smallest absolute Gasteiger partial charge is 0.154 e. The van der Waals surface area contributed by atoms with Crippen molar-refractivity contribution in [3.63, 3.8) is 0 Å². The number of aromatic nitrogens is 3. The van der Waals surface area contributed by atoms with Gasteiger partial charge < -0.3 is 5.32 Å². The number of unbranched alkanes of at least 4 members (excludes halogenated alkanes) is 1. The molecule has 0 aliphatic carbocycles. The Morgan fingerprint density at radius 3 is 3.13 bits per heavy atom. The van der Waals surface area contributed by atoms with Crippen LogP contribution in [0.3, 0.4) is 0 Å². The minimum Gasteiger partial charge on any atom is -0.369 e. The molecule has 80 valence electrons. The molecule has 0 aromatic carbocycles. The quantitative estimate of drug-likeness (QED) is 0.696. The Morgan fingerprint density at radius 1 is 1.47 bits per heavy atom. The van der Waals surface area contributed by atoms with Crippen molar-refractivity contribution in [3.05, 3.63) is 22.0 Å². The van der Waals surface area contributed by atoms with E-state index in [2.05, 4.69) is 44.9 Å². The molecule has 2 heterocycles. The summed E-state index contributed by atoms with van der Waals surface area (Å²) < 4.78 is 2.87. The van der Waals surface area contributed by atoms with Gasteiger partial charge in [-0.2, -0.15) is 0 Å². The van der Waals surface area contributed by atoms with Gasteiger partial charge >= 0.3 is 0 Å². The summed E-state index contributed by atoms with van der Waals surface area (Å²) in [6.45, 7) is 3.15. The van der Waals surface area contributed by atoms with Gasteiger partial charge in [-0.3, -0.25) is 0 Å². The Labute approximate surface area is 102 Å². The molecule has 2 aromatic heterocycles. The Bertz CT molecular complexity index is 452. The van der Waals surface area contributed by atoms with E-state index in [0.717, 1.165) is 21.7 Å². The Balaban J connectivity index is 2.18. The van der Waals surface area contributed by atoms with Gasteiger partial charge in [0.2, 0.25) is 0 Å². The minimum absolute atomic E-state index is 0.889. The summed E-state index contributed by atoms with van der Waals surface area (Å²) in [5, 5.41) is 7.73. The average Bonchev–Trinajstić information content (AvgIpc) is 2.61. The molecular weight excluding hydrogens is 303 g/mol. The second kappa shape index (κ2) is 4.78. The fourth-order valence-electron chi connectivity index (χ4n) is 1.33. The number of nitrogens with one attached hydrogen (secondary N) is 1. The number of nitrogens with zero attached hydrogens (tertiary/aromatic N) is 3. The van der Waals surface area contributed by atoms with Crippen LogP contribution in [-0.4, -0.2) is 21.1 Å². The van der Waals surface area contributed by atoms with Crippen LogP contribution in [0, 0.1) is 3.70 Å². The van der Waals surface area contributed by atoms with Crippen molar-refractivity contribution in [3.8, 4) is 0 Å². The maximum Gasteiger partial charge on any atom is 0.154 e. The Hall–Kier alpha value is -0.850. The van der Waals surface area contributed by atoms with Crippen molar-refractivity contribution in [1.82, 2.24) is 14.6 Å². The second-order valence-corrected chi connectivity index (χ2v) is 4.46. The van der Waals surface area contributed by atoms with Crippen molar-refractivity contribution in [2.24, 2.45) is 0 Å². The summed E-state index contributed by atoms with van der Waals surface area (Å²) in [5.41, 5.74) is 0.889. The second-order valence-electron chi connectivity index (χ2n) is 3.35. The van der Waals surface area contributed by atoms with Crippen molar-refractivity contribution >= 4 is 34.1 Å². The molecule has 2 aromatic rings. The summed E-state index contributed by atoms with van der Waals surface area (Å²) in [7, 11) is 0. The molecule has 15 heavy (non-hydrogen) atoms. The van der Waals surface area contributed by atoms with E-state index in [4.69, 9.17) is 0 Å². The molecule has 0 atom stereocenters. The highest BCUT2D eigenvalue weighted by molar-refractivity contribution is 14.1. The van der Waals surface area contributed by atoms with Crippen LogP contribution in [0.1, 0.15) is 19.8 Å². The van der Waals surface area contributed by atoms with Gasteiger partial charge in [-0.1, -0.05) is 13.3 Å².